The Bertz CT molecular complexity index is 1590. The lowest BCUT2D eigenvalue weighted by molar-refractivity contribution is -0.141. The molecule has 1 atom stereocenters. The second-order valence-corrected chi connectivity index (χ2v) is 9.81. The van der Waals surface area contributed by atoms with Crippen molar-refractivity contribution in [1.82, 2.24) is 10.3 Å². The molecule has 1 aromatic heterocycles. The molecule has 0 saturated heterocycles. The smallest absolute Gasteiger partial charge is 0.361 e. The number of carbonyl (C=O) groups is 1. The van der Waals surface area contributed by atoms with Gasteiger partial charge in [0.2, 0.25) is 5.91 Å². The molecule has 0 bridgehead atoms. The summed E-state index contributed by atoms with van der Waals surface area (Å²) >= 11 is 0. The van der Waals surface area contributed by atoms with Crippen molar-refractivity contribution < 1.29 is 30.8 Å². The van der Waals surface area contributed by atoms with Crippen LogP contribution < -0.4 is 10.6 Å². The first kappa shape index (κ1) is 28.0. The molecular weight excluding hydrogens is 522 g/mol. The minimum atomic E-state index is -4.68. The van der Waals surface area contributed by atoms with E-state index in [1.807, 2.05) is 0 Å². The molecule has 1 unspecified atom stereocenters. The number of nitrogens with zero attached hydrogens (tertiary/aromatic N) is 1. The maximum Gasteiger partial charge on any atom is 0.433 e. The zero-order valence-corrected chi connectivity index (χ0v) is 20.5. The summed E-state index contributed by atoms with van der Waals surface area (Å²) < 4.78 is 77.3. The minimum Gasteiger partial charge on any atom is -0.361 e. The molecule has 0 fully saturated rings. The summed E-state index contributed by atoms with van der Waals surface area (Å²) in [6.45, 7) is 0. The quantitative estimate of drug-likeness (QED) is 0.198. The summed E-state index contributed by atoms with van der Waals surface area (Å²) in [6, 6.07) is 12.5. The highest BCUT2D eigenvalue weighted by Gasteiger charge is 2.32. The van der Waals surface area contributed by atoms with Crippen LogP contribution in [0, 0.1) is 30.5 Å². The number of sulfone groups is 1. The molecule has 11 heteroatoms. The summed E-state index contributed by atoms with van der Waals surface area (Å²) in [4.78, 5) is 15.5. The van der Waals surface area contributed by atoms with Gasteiger partial charge in [-0.2, -0.15) is 13.2 Å². The van der Waals surface area contributed by atoms with Crippen LogP contribution in [0.5, 0.6) is 0 Å². The van der Waals surface area contributed by atoms with Crippen molar-refractivity contribution in [2.45, 2.75) is 17.2 Å². The van der Waals surface area contributed by atoms with Crippen LogP contribution in [-0.4, -0.2) is 25.6 Å². The van der Waals surface area contributed by atoms with Crippen LogP contribution in [0.15, 0.2) is 65.6 Å². The molecule has 2 N–H and O–H groups in total. The second kappa shape index (κ2) is 11.2. The van der Waals surface area contributed by atoms with Crippen LogP contribution in [0.2, 0.25) is 0 Å². The number of pyridine rings is 1. The molecule has 3 rings (SSSR count). The largest absolute Gasteiger partial charge is 0.433 e. The third-order valence-corrected chi connectivity index (χ3v) is 6.22. The summed E-state index contributed by atoms with van der Waals surface area (Å²) in [6.07, 6.45) is 8.12. The number of amides is 1. The topological polar surface area (TPSA) is 88.2 Å². The molecule has 0 aliphatic rings. The van der Waals surface area contributed by atoms with Crippen molar-refractivity contribution in [3.8, 4) is 24.7 Å². The molecule has 0 aliphatic carbocycles. The number of carbonyl (C=O) groups excluding carboxylic acids is 1. The SMILES string of the molecule is C#Cc1cc(NC(NC(=O)C=Cc2ccc(C(F)(F)F)nc2C#C)c2ccccc2)cc(F)c1S(C)(=O)=O. The standard InChI is InChI=1S/C27H19F4N3O3S/c1-4-17-15-20(16-21(28)25(17)38(3,36)37)32-26(19-9-7-6-8-10-19)34-24(35)14-12-18-11-13-23(27(29,30)31)33-22(18)5-2/h1-2,6-16,26,32H,3H3,(H,34,35). The molecule has 0 spiro atoms. The molecule has 1 heterocycles. The maximum absolute atomic E-state index is 14.7. The van der Waals surface area contributed by atoms with Crippen molar-refractivity contribution >= 4 is 27.5 Å². The lowest BCUT2D eigenvalue weighted by Crippen LogP contribution is -2.32. The number of alkyl halides is 3. The lowest BCUT2D eigenvalue weighted by atomic mass is 10.1. The normalized spacial score (nSPS) is 12.4. The van der Waals surface area contributed by atoms with Gasteiger partial charge in [0, 0.05) is 29.1 Å². The lowest BCUT2D eigenvalue weighted by Gasteiger charge is -2.22. The van der Waals surface area contributed by atoms with E-state index in [0.717, 1.165) is 30.5 Å². The summed E-state index contributed by atoms with van der Waals surface area (Å²) in [5.41, 5.74) is -0.931. The monoisotopic (exact) mass is 541 g/mol. The van der Waals surface area contributed by atoms with Crippen molar-refractivity contribution in [3.63, 3.8) is 0 Å². The van der Waals surface area contributed by atoms with Crippen molar-refractivity contribution in [2.75, 3.05) is 11.6 Å². The Hall–Kier alpha value is -4.61. The van der Waals surface area contributed by atoms with E-state index >= 15 is 0 Å². The minimum absolute atomic E-state index is 0.0857. The molecule has 0 saturated carbocycles. The van der Waals surface area contributed by atoms with Gasteiger partial charge in [0.05, 0.1) is 0 Å². The number of terminal acetylenes is 2. The van der Waals surface area contributed by atoms with Crippen LogP contribution >= 0.6 is 0 Å². The molecular formula is C27H19F4N3O3S. The van der Waals surface area contributed by atoms with E-state index in [1.165, 1.54) is 12.1 Å². The molecule has 2 aromatic carbocycles. The van der Waals surface area contributed by atoms with E-state index < -0.39 is 44.5 Å². The molecule has 0 radical (unpaired) electrons. The average Bonchev–Trinajstić information content (AvgIpc) is 2.85. The van der Waals surface area contributed by atoms with Crippen molar-refractivity contribution in [3.05, 3.63) is 94.6 Å². The van der Waals surface area contributed by atoms with Gasteiger partial charge in [-0.05, 0) is 41.8 Å². The van der Waals surface area contributed by atoms with E-state index in [-0.39, 0.29) is 22.5 Å². The first-order chi connectivity index (χ1) is 17.8. The Morgan fingerprint density at radius 2 is 1.76 bits per heavy atom. The first-order valence-electron chi connectivity index (χ1n) is 10.7. The van der Waals surface area contributed by atoms with Crippen molar-refractivity contribution in [2.24, 2.45) is 0 Å². The summed E-state index contributed by atoms with van der Waals surface area (Å²) in [5, 5.41) is 5.55. The van der Waals surface area contributed by atoms with E-state index in [4.69, 9.17) is 12.8 Å². The third kappa shape index (κ3) is 6.78. The second-order valence-electron chi connectivity index (χ2n) is 7.86. The highest BCUT2D eigenvalue weighted by molar-refractivity contribution is 7.90. The fourth-order valence-electron chi connectivity index (χ4n) is 3.41. The molecule has 38 heavy (non-hydrogen) atoms. The Morgan fingerprint density at radius 3 is 2.34 bits per heavy atom. The van der Waals surface area contributed by atoms with Crippen LogP contribution in [-0.2, 0) is 20.8 Å². The van der Waals surface area contributed by atoms with Crippen LogP contribution in [0.3, 0.4) is 0 Å². The van der Waals surface area contributed by atoms with Crippen LogP contribution in [0.4, 0.5) is 23.2 Å². The summed E-state index contributed by atoms with van der Waals surface area (Å²) in [5.74, 6) is 2.46. The number of anilines is 1. The first-order valence-corrected chi connectivity index (χ1v) is 12.6. The fraction of sp³-hybridized carbons (Fsp3) is 0.111. The van der Waals surface area contributed by atoms with E-state index in [0.29, 0.717) is 5.56 Å². The van der Waals surface area contributed by atoms with Gasteiger partial charge < -0.3 is 10.6 Å². The van der Waals surface area contributed by atoms with Crippen LogP contribution in [0.1, 0.15) is 34.2 Å². The molecule has 194 valence electrons. The zero-order valence-electron chi connectivity index (χ0n) is 19.7. The maximum atomic E-state index is 14.7. The number of nitrogens with one attached hydrogen (secondary N) is 2. The number of hydrogen-bond donors (Lipinski definition) is 2. The highest BCUT2D eigenvalue weighted by Crippen LogP contribution is 2.29. The van der Waals surface area contributed by atoms with Gasteiger partial charge in [0.1, 0.15) is 28.3 Å². The van der Waals surface area contributed by atoms with Gasteiger partial charge in [-0.1, -0.05) is 36.3 Å². The van der Waals surface area contributed by atoms with Gasteiger partial charge in [-0.3, -0.25) is 4.79 Å². The Balaban J connectivity index is 1.90. The molecule has 1 amide bonds. The number of benzene rings is 2. The van der Waals surface area contributed by atoms with Crippen molar-refractivity contribution in [1.29, 1.82) is 0 Å². The van der Waals surface area contributed by atoms with E-state index in [1.54, 1.807) is 30.3 Å². The molecule has 6 nitrogen and oxygen atoms in total. The predicted octanol–water partition coefficient (Wildman–Crippen LogP) is 4.55. The van der Waals surface area contributed by atoms with E-state index in [9.17, 15) is 30.8 Å². The highest BCUT2D eigenvalue weighted by atomic mass is 32.2. The Morgan fingerprint density at radius 1 is 1.08 bits per heavy atom. The predicted molar refractivity (Wildman–Crippen MR) is 135 cm³/mol. The number of rotatable bonds is 7. The van der Waals surface area contributed by atoms with Gasteiger partial charge in [-0.25, -0.2) is 17.8 Å². The zero-order chi connectivity index (χ0) is 28.1. The fourth-order valence-corrected chi connectivity index (χ4v) is 4.34. The Labute approximate surface area is 216 Å². The van der Waals surface area contributed by atoms with Gasteiger partial charge in [0.25, 0.3) is 0 Å². The molecule has 0 aliphatic heterocycles. The third-order valence-electron chi connectivity index (χ3n) is 5.07. The number of hydrogen-bond acceptors (Lipinski definition) is 5. The summed E-state index contributed by atoms with van der Waals surface area (Å²) in [7, 11) is -3.95. The Kier molecular flexibility index (Phi) is 8.24. The number of halogens is 4. The van der Waals surface area contributed by atoms with Crippen LogP contribution in [0.25, 0.3) is 6.08 Å². The number of aromatic nitrogens is 1. The van der Waals surface area contributed by atoms with Gasteiger partial charge in [-0.15, -0.1) is 12.8 Å². The molecule has 3 aromatic rings. The van der Waals surface area contributed by atoms with Gasteiger partial charge in [0.15, 0.2) is 9.84 Å². The van der Waals surface area contributed by atoms with E-state index in [2.05, 4.69) is 27.5 Å². The van der Waals surface area contributed by atoms with Gasteiger partial charge >= 0.3 is 6.18 Å². The average molecular weight is 542 g/mol.